The van der Waals surface area contributed by atoms with Crippen molar-refractivity contribution in [3.63, 3.8) is 0 Å². The van der Waals surface area contributed by atoms with Gasteiger partial charge in [-0.25, -0.2) is 33.7 Å². The van der Waals surface area contributed by atoms with Gasteiger partial charge in [0.05, 0.1) is 51.3 Å². The highest BCUT2D eigenvalue weighted by Gasteiger charge is 2.31. The highest BCUT2D eigenvalue weighted by Crippen LogP contribution is 2.48. The van der Waals surface area contributed by atoms with Crippen molar-refractivity contribution < 1.29 is 66.9 Å². The minimum absolute atomic E-state index is 0.0143. The molecule has 3 aromatic carbocycles. The van der Waals surface area contributed by atoms with E-state index in [2.05, 4.69) is 13.2 Å². The molecule has 0 fully saturated rings. The van der Waals surface area contributed by atoms with Gasteiger partial charge in [-0.15, -0.1) is 0 Å². The molecule has 0 amide bonds. The minimum atomic E-state index is -0.980. The van der Waals surface area contributed by atoms with E-state index in [4.69, 9.17) is 42.9 Å². The van der Waals surface area contributed by atoms with Crippen LogP contribution in [-0.2, 0) is 43.1 Å². The van der Waals surface area contributed by atoms with Crippen LogP contribution >= 0.6 is 0 Å². The monoisotopic (exact) mass is 842 g/mol. The third-order valence-electron chi connectivity index (χ3n) is 9.28. The number of fused-ring (bicyclic) bond motifs is 2. The van der Waals surface area contributed by atoms with Gasteiger partial charge in [0.2, 0.25) is 0 Å². The first-order valence-electron chi connectivity index (χ1n) is 20.1. The standard InChI is InChI=1S/C47H54O14/c1-31(2)44(49)58-25-13-9-7-11-23-55-35-18-15-33(16-19-35)46(51)60-61-47(52)37-21-22-39(56-24-12-8-10-14-26-59-45(50)32(3)4)43-38(30-41(48)57-28-27-53-5)34-17-20-36(42(37)43)40(29-34)54-6/h15-22,29-30H,1,3,7-14,23-28H2,2,4-6H3/b38-30+. The number of methoxy groups -OCH3 is 2. The Bertz CT molecular complexity index is 2060. The van der Waals surface area contributed by atoms with Crippen molar-refractivity contribution >= 4 is 35.4 Å². The van der Waals surface area contributed by atoms with Crippen LogP contribution in [0.4, 0.5) is 0 Å². The number of benzene rings is 3. The summed E-state index contributed by atoms with van der Waals surface area (Å²) in [6.45, 7) is 12.0. The maximum absolute atomic E-state index is 13.8. The van der Waals surface area contributed by atoms with Gasteiger partial charge in [-0.05, 0) is 119 Å². The molecule has 2 aliphatic rings. The zero-order valence-corrected chi connectivity index (χ0v) is 35.3. The average Bonchev–Trinajstić information content (AvgIpc) is 3.48. The van der Waals surface area contributed by atoms with Crippen molar-refractivity contribution in [1.29, 1.82) is 0 Å². The van der Waals surface area contributed by atoms with Gasteiger partial charge in [0.25, 0.3) is 0 Å². The molecule has 0 atom stereocenters. The smallest absolute Gasteiger partial charge is 0.386 e. The summed E-state index contributed by atoms with van der Waals surface area (Å²) in [5, 5.41) is 0. The van der Waals surface area contributed by atoms with E-state index in [0.29, 0.717) is 95.5 Å². The number of unbranched alkanes of at least 4 members (excludes halogenated alkanes) is 6. The molecular formula is C47H54O14. The van der Waals surface area contributed by atoms with Crippen LogP contribution in [0.1, 0.15) is 97.1 Å². The second-order valence-corrected chi connectivity index (χ2v) is 14.1. The quantitative estimate of drug-likeness (QED) is 0.0156. The van der Waals surface area contributed by atoms with Crippen molar-refractivity contribution in [1.82, 2.24) is 0 Å². The molecule has 14 heteroatoms. The number of carbonyl (C=O) groups excluding carboxylic acids is 5. The third kappa shape index (κ3) is 14.4. The zero-order valence-electron chi connectivity index (χ0n) is 35.3. The fourth-order valence-electron chi connectivity index (χ4n) is 6.09. The first kappa shape index (κ1) is 47.3. The lowest BCUT2D eigenvalue weighted by Gasteiger charge is -2.18. The Hall–Kier alpha value is -6.41. The second kappa shape index (κ2) is 24.6. The Kier molecular flexibility index (Phi) is 19.1. The Labute approximate surface area is 356 Å². The summed E-state index contributed by atoms with van der Waals surface area (Å²) in [5.74, 6) is -2.00. The van der Waals surface area contributed by atoms with Crippen molar-refractivity contribution in [3.05, 3.63) is 107 Å². The fourth-order valence-corrected chi connectivity index (χ4v) is 6.09. The van der Waals surface area contributed by atoms with Gasteiger partial charge in [0.1, 0.15) is 23.9 Å². The SMILES string of the molecule is C=C(C)C(=O)OCCCCCCOc1ccc(C(=O)OOC(=O)c2ccc(OCCCCCCOC(=O)C(=C)C)c3c2-c2ccc(cc2OC)/C3=C\C(=O)OCCOC)cc1. The van der Waals surface area contributed by atoms with Crippen LogP contribution in [-0.4, -0.2) is 83.7 Å². The molecule has 0 heterocycles. The van der Waals surface area contributed by atoms with E-state index in [1.165, 1.54) is 38.5 Å². The van der Waals surface area contributed by atoms with E-state index >= 15 is 0 Å². The van der Waals surface area contributed by atoms with E-state index in [1.807, 2.05) is 0 Å². The molecule has 0 N–H and O–H groups in total. The predicted octanol–water partition coefficient (Wildman–Crippen LogP) is 8.34. The molecule has 3 aromatic rings. The first-order valence-corrected chi connectivity index (χ1v) is 20.1. The Morgan fingerprint density at radius 3 is 1.75 bits per heavy atom. The van der Waals surface area contributed by atoms with E-state index in [9.17, 15) is 24.0 Å². The van der Waals surface area contributed by atoms with Gasteiger partial charge in [-0.2, -0.15) is 0 Å². The minimum Gasteiger partial charge on any atom is -0.496 e. The lowest BCUT2D eigenvalue weighted by molar-refractivity contribution is -0.187. The van der Waals surface area contributed by atoms with Crippen LogP contribution in [0, 0.1) is 0 Å². The number of esters is 3. The molecule has 5 rings (SSSR count). The zero-order chi connectivity index (χ0) is 44.1. The van der Waals surface area contributed by atoms with Crippen molar-refractivity contribution in [2.75, 3.05) is 53.9 Å². The molecule has 0 spiro atoms. The number of ether oxygens (including phenoxy) is 7. The van der Waals surface area contributed by atoms with Crippen LogP contribution in [0.3, 0.4) is 0 Å². The van der Waals surface area contributed by atoms with Crippen LogP contribution in [0.5, 0.6) is 17.2 Å². The van der Waals surface area contributed by atoms with Crippen LogP contribution < -0.4 is 14.2 Å². The highest BCUT2D eigenvalue weighted by molar-refractivity contribution is 6.09. The van der Waals surface area contributed by atoms with E-state index < -0.39 is 23.9 Å². The Morgan fingerprint density at radius 2 is 1.16 bits per heavy atom. The molecule has 0 radical (unpaired) electrons. The molecule has 0 unspecified atom stereocenters. The molecule has 0 saturated heterocycles. The molecule has 0 aliphatic heterocycles. The molecular weight excluding hydrogens is 789 g/mol. The third-order valence-corrected chi connectivity index (χ3v) is 9.28. The lowest BCUT2D eigenvalue weighted by Crippen LogP contribution is -2.14. The molecule has 61 heavy (non-hydrogen) atoms. The number of hydrogen-bond acceptors (Lipinski definition) is 14. The van der Waals surface area contributed by atoms with Gasteiger partial charge in [-0.1, -0.05) is 19.2 Å². The largest absolute Gasteiger partial charge is 0.496 e. The fraction of sp³-hybridized carbons (Fsp3) is 0.383. The van der Waals surface area contributed by atoms with Gasteiger partial charge in [0, 0.05) is 46.6 Å². The van der Waals surface area contributed by atoms with Gasteiger partial charge >= 0.3 is 29.8 Å². The lowest BCUT2D eigenvalue weighted by atomic mass is 9.91. The van der Waals surface area contributed by atoms with E-state index in [1.54, 1.807) is 50.2 Å². The van der Waals surface area contributed by atoms with Crippen molar-refractivity contribution in [3.8, 4) is 28.4 Å². The highest BCUT2D eigenvalue weighted by atomic mass is 17.2. The summed E-state index contributed by atoms with van der Waals surface area (Å²) in [5.41, 5.74) is 3.11. The van der Waals surface area contributed by atoms with Crippen molar-refractivity contribution in [2.45, 2.75) is 65.2 Å². The molecule has 2 aliphatic carbocycles. The first-order chi connectivity index (χ1) is 29.4. The summed E-state index contributed by atoms with van der Waals surface area (Å²) in [4.78, 5) is 73.2. The second-order valence-electron chi connectivity index (χ2n) is 14.1. The van der Waals surface area contributed by atoms with Crippen LogP contribution in [0.25, 0.3) is 16.7 Å². The summed E-state index contributed by atoms with van der Waals surface area (Å²) >= 11 is 0. The topological polar surface area (TPSA) is 168 Å². The number of rotatable bonds is 25. The predicted molar refractivity (Wildman–Crippen MR) is 225 cm³/mol. The molecule has 0 aromatic heterocycles. The Morgan fingerprint density at radius 1 is 0.574 bits per heavy atom. The normalized spacial score (nSPS) is 11.8. The van der Waals surface area contributed by atoms with Crippen molar-refractivity contribution in [2.24, 2.45) is 0 Å². The van der Waals surface area contributed by atoms with E-state index in [-0.39, 0.29) is 30.3 Å². The maximum Gasteiger partial charge on any atom is 0.386 e. The van der Waals surface area contributed by atoms with Crippen LogP contribution in [0.15, 0.2) is 85.0 Å². The van der Waals surface area contributed by atoms with E-state index in [0.717, 1.165) is 38.5 Å². The number of hydrogen-bond donors (Lipinski definition) is 0. The van der Waals surface area contributed by atoms with Gasteiger partial charge in [0.15, 0.2) is 0 Å². The van der Waals surface area contributed by atoms with Crippen LogP contribution in [0.2, 0.25) is 0 Å². The molecule has 326 valence electrons. The molecule has 14 nitrogen and oxygen atoms in total. The number of carbonyl (C=O) groups is 5. The van der Waals surface area contributed by atoms with Gasteiger partial charge in [-0.3, -0.25) is 0 Å². The summed E-state index contributed by atoms with van der Waals surface area (Å²) in [6.07, 6.45) is 7.55. The molecule has 0 saturated carbocycles. The summed E-state index contributed by atoms with van der Waals surface area (Å²) < 4.78 is 38.5. The molecule has 2 bridgehead atoms. The maximum atomic E-state index is 13.8. The average molecular weight is 843 g/mol. The Balaban J connectivity index is 1.45. The summed E-state index contributed by atoms with van der Waals surface area (Å²) in [7, 11) is 2.98. The van der Waals surface area contributed by atoms with Gasteiger partial charge < -0.3 is 33.2 Å². The summed E-state index contributed by atoms with van der Waals surface area (Å²) in [6, 6.07) is 14.6.